The number of hydrogen-bond acceptors (Lipinski definition) is 4. The molecule has 0 saturated heterocycles. The Morgan fingerprint density at radius 2 is 2.17 bits per heavy atom. The molecule has 3 N–H and O–H groups in total. The highest BCUT2D eigenvalue weighted by molar-refractivity contribution is 6.00. The van der Waals surface area contributed by atoms with Gasteiger partial charge in [-0.25, -0.2) is 0 Å². The maximum Gasteiger partial charge on any atom is 0.253 e. The average molecular weight is 246 g/mol. The number of rotatable bonds is 4. The van der Waals surface area contributed by atoms with E-state index in [0.717, 1.165) is 6.42 Å². The van der Waals surface area contributed by atoms with Gasteiger partial charge in [0.1, 0.15) is 0 Å². The standard InChI is InChI=1S/C13H14N2O3/c1-2-3-4-5-15-13(16)9-6-11-12(7-10(9)14)18-8-17-11/h1,6-7H,3-5,8,14H2,(H,15,16). The number of unbranched alkanes of at least 4 members (excludes halogenated alkanes) is 1. The Morgan fingerprint density at radius 1 is 1.44 bits per heavy atom. The number of benzene rings is 1. The van der Waals surface area contributed by atoms with E-state index in [-0.39, 0.29) is 12.7 Å². The average Bonchev–Trinajstić information content (AvgIpc) is 2.80. The van der Waals surface area contributed by atoms with E-state index < -0.39 is 0 Å². The van der Waals surface area contributed by atoms with Crippen molar-refractivity contribution in [3.8, 4) is 23.8 Å². The first-order valence-corrected chi connectivity index (χ1v) is 5.63. The lowest BCUT2D eigenvalue weighted by molar-refractivity contribution is 0.0954. The van der Waals surface area contributed by atoms with Crippen molar-refractivity contribution in [1.29, 1.82) is 0 Å². The number of nitrogen functional groups attached to an aromatic ring is 1. The Balaban J connectivity index is 2.04. The summed E-state index contributed by atoms with van der Waals surface area (Å²) in [5.41, 5.74) is 6.55. The van der Waals surface area contributed by atoms with Gasteiger partial charge in [0.2, 0.25) is 6.79 Å². The molecule has 0 bridgehead atoms. The van der Waals surface area contributed by atoms with Crippen LogP contribution in [0.4, 0.5) is 5.69 Å². The number of carbonyl (C=O) groups excluding carboxylic acids is 1. The van der Waals surface area contributed by atoms with Gasteiger partial charge in [-0.15, -0.1) is 12.3 Å². The van der Waals surface area contributed by atoms with Crippen LogP contribution >= 0.6 is 0 Å². The summed E-state index contributed by atoms with van der Waals surface area (Å²) < 4.78 is 10.4. The fourth-order valence-electron chi connectivity index (χ4n) is 1.64. The SMILES string of the molecule is C#CCCCNC(=O)c1cc2c(cc1N)OCO2. The van der Waals surface area contributed by atoms with E-state index in [1.54, 1.807) is 12.1 Å². The molecule has 1 heterocycles. The molecular formula is C13H14N2O3. The van der Waals surface area contributed by atoms with Crippen molar-refractivity contribution in [2.24, 2.45) is 0 Å². The molecule has 1 aliphatic rings. The van der Waals surface area contributed by atoms with Crippen LogP contribution in [0.3, 0.4) is 0 Å². The number of hydrogen-bond donors (Lipinski definition) is 2. The number of fused-ring (bicyclic) bond motifs is 1. The predicted molar refractivity (Wildman–Crippen MR) is 67.4 cm³/mol. The van der Waals surface area contributed by atoms with Crippen LogP contribution in [0.15, 0.2) is 12.1 Å². The molecule has 18 heavy (non-hydrogen) atoms. The zero-order valence-electron chi connectivity index (χ0n) is 9.86. The van der Waals surface area contributed by atoms with Gasteiger partial charge in [-0.05, 0) is 12.5 Å². The topological polar surface area (TPSA) is 73.6 Å². The van der Waals surface area contributed by atoms with Gasteiger partial charge >= 0.3 is 0 Å². The third kappa shape index (κ3) is 2.48. The molecule has 1 aromatic carbocycles. The van der Waals surface area contributed by atoms with Crippen molar-refractivity contribution in [1.82, 2.24) is 5.32 Å². The molecule has 0 atom stereocenters. The molecule has 0 fully saturated rings. The number of carbonyl (C=O) groups is 1. The van der Waals surface area contributed by atoms with Crippen molar-refractivity contribution in [2.45, 2.75) is 12.8 Å². The van der Waals surface area contributed by atoms with Crippen LogP contribution in [0, 0.1) is 12.3 Å². The third-order valence-corrected chi connectivity index (χ3v) is 2.57. The Labute approximate surface area is 105 Å². The third-order valence-electron chi connectivity index (χ3n) is 2.57. The van der Waals surface area contributed by atoms with Crippen LogP contribution in [0.2, 0.25) is 0 Å². The van der Waals surface area contributed by atoms with Crippen LogP contribution in [0.1, 0.15) is 23.2 Å². The second-order valence-electron chi connectivity index (χ2n) is 3.86. The maximum atomic E-state index is 11.9. The Bertz CT molecular complexity index is 506. The van der Waals surface area contributed by atoms with E-state index in [9.17, 15) is 4.79 Å². The van der Waals surface area contributed by atoms with E-state index in [1.165, 1.54) is 0 Å². The second kappa shape index (κ2) is 5.32. The fraction of sp³-hybridized carbons (Fsp3) is 0.308. The van der Waals surface area contributed by atoms with Gasteiger partial charge in [0, 0.05) is 24.7 Å². The molecule has 94 valence electrons. The largest absolute Gasteiger partial charge is 0.454 e. The van der Waals surface area contributed by atoms with Gasteiger partial charge in [0.15, 0.2) is 11.5 Å². The molecule has 0 unspecified atom stereocenters. The van der Waals surface area contributed by atoms with Crippen LogP contribution < -0.4 is 20.5 Å². The lowest BCUT2D eigenvalue weighted by Crippen LogP contribution is -2.25. The molecule has 0 aliphatic carbocycles. The Hall–Kier alpha value is -2.35. The van der Waals surface area contributed by atoms with Crippen LogP contribution in [-0.4, -0.2) is 19.2 Å². The number of ether oxygens (including phenoxy) is 2. The predicted octanol–water partition coefficient (Wildman–Crippen LogP) is 1.14. The van der Waals surface area contributed by atoms with E-state index in [2.05, 4.69) is 11.2 Å². The molecule has 1 amide bonds. The lowest BCUT2D eigenvalue weighted by Gasteiger charge is -2.08. The second-order valence-corrected chi connectivity index (χ2v) is 3.86. The van der Waals surface area contributed by atoms with Gasteiger partial charge in [-0.2, -0.15) is 0 Å². The minimum absolute atomic E-state index is 0.155. The van der Waals surface area contributed by atoms with E-state index in [0.29, 0.717) is 35.7 Å². The quantitative estimate of drug-likeness (QED) is 0.474. The molecule has 2 rings (SSSR count). The number of nitrogens with one attached hydrogen (secondary N) is 1. The van der Waals surface area contributed by atoms with Gasteiger partial charge < -0.3 is 20.5 Å². The molecular weight excluding hydrogens is 232 g/mol. The summed E-state index contributed by atoms with van der Waals surface area (Å²) in [5.74, 6) is 3.39. The highest BCUT2D eigenvalue weighted by atomic mass is 16.7. The van der Waals surface area contributed by atoms with Crippen LogP contribution in [0.5, 0.6) is 11.5 Å². The molecule has 0 aromatic heterocycles. The highest BCUT2D eigenvalue weighted by Gasteiger charge is 2.19. The van der Waals surface area contributed by atoms with Gasteiger partial charge in [0.05, 0.1) is 5.56 Å². The van der Waals surface area contributed by atoms with Crippen molar-refractivity contribution in [3.63, 3.8) is 0 Å². The Kier molecular flexibility index (Phi) is 3.58. The zero-order chi connectivity index (χ0) is 13.0. The van der Waals surface area contributed by atoms with E-state index in [1.807, 2.05) is 0 Å². The summed E-state index contributed by atoms with van der Waals surface area (Å²) in [6.07, 6.45) is 6.51. The molecule has 5 heteroatoms. The number of anilines is 1. The summed E-state index contributed by atoms with van der Waals surface area (Å²) in [6, 6.07) is 3.19. The van der Waals surface area contributed by atoms with Gasteiger partial charge in [-0.1, -0.05) is 0 Å². The first kappa shape index (κ1) is 12.1. The lowest BCUT2D eigenvalue weighted by atomic mass is 10.1. The van der Waals surface area contributed by atoms with Gasteiger partial charge in [0.25, 0.3) is 5.91 Å². The normalized spacial score (nSPS) is 11.9. The first-order chi connectivity index (χ1) is 8.72. The Morgan fingerprint density at radius 3 is 2.89 bits per heavy atom. The minimum Gasteiger partial charge on any atom is -0.454 e. The monoisotopic (exact) mass is 246 g/mol. The smallest absolute Gasteiger partial charge is 0.253 e. The molecule has 5 nitrogen and oxygen atoms in total. The number of amides is 1. The number of nitrogens with two attached hydrogens (primary N) is 1. The summed E-state index contributed by atoms with van der Waals surface area (Å²) in [5, 5.41) is 2.75. The molecule has 1 aliphatic heterocycles. The summed E-state index contributed by atoms with van der Waals surface area (Å²) in [4.78, 5) is 11.9. The number of terminal acetylenes is 1. The van der Waals surface area contributed by atoms with Crippen molar-refractivity contribution >= 4 is 11.6 Å². The van der Waals surface area contributed by atoms with Crippen molar-refractivity contribution in [2.75, 3.05) is 19.1 Å². The minimum atomic E-state index is -0.233. The van der Waals surface area contributed by atoms with E-state index in [4.69, 9.17) is 21.6 Å². The molecule has 0 spiro atoms. The van der Waals surface area contributed by atoms with Crippen molar-refractivity contribution in [3.05, 3.63) is 17.7 Å². The zero-order valence-corrected chi connectivity index (χ0v) is 9.86. The van der Waals surface area contributed by atoms with E-state index >= 15 is 0 Å². The summed E-state index contributed by atoms with van der Waals surface area (Å²) in [6.45, 7) is 0.679. The molecule has 0 radical (unpaired) electrons. The maximum absolute atomic E-state index is 11.9. The fourth-order valence-corrected chi connectivity index (χ4v) is 1.64. The van der Waals surface area contributed by atoms with Crippen molar-refractivity contribution < 1.29 is 14.3 Å². The molecule has 0 saturated carbocycles. The van der Waals surface area contributed by atoms with Crippen LogP contribution in [-0.2, 0) is 0 Å². The van der Waals surface area contributed by atoms with Gasteiger partial charge in [-0.3, -0.25) is 4.79 Å². The molecule has 1 aromatic rings. The van der Waals surface area contributed by atoms with Crippen LogP contribution in [0.25, 0.3) is 0 Å². The first-order valence-electron chi connectivity index (χ1n) is 5.63. The highest BCUT2D eigenvalue weighted by Crippen LogP contribution is 2.35. The summed E-state index contributed by atoms with van der Waals surface area (Å²) in [7, 11) is 0. The summed E-state index contributed by atoms with van der Waals surface area (Å²) >= 11 is 0.